The van der Waals surface area contributed by atoms with Crippen molar-refractivity contribution in [1.82, 2.24) is 4.90 Å². The molecule has 0 N–H and O–H groups in total. The first kappa shape index (κ1) is 13.3. The van der Waals surface area contributed by atoms with Gasteiger partial charge in [-0.2, -0.15) is 0 Å². The van der Waals surface area contributed by atoms with Gasteiger partial charge < -0.3 is 4.74 Å². The second-order valence-electron chi connectivity index (χ2n) is 5.23. The lowest BCUT2D eigenvalue weighted by molar-refractivity contribution is 0.0173. The van der Waals surface area contributed by atoms with Crippen LogP contribution >= 0.6 is 0 Å². The monoisotopic (exact) mass is 245 g/mol. The quantitative estimate of drug-likeness (QED) is 0.738. The Morgan fingerprint density at radius 3 is 2.56 bits per heavy atom. The number of hydrogen-bond donors (Lipinski definition) is 0. The highest BCUT2D eigenvalue weighted by molar-refractivity contribution is 5.14. The van der Waals surface area contributed by atoms with Crippen molar-refractivity contribution in [2.24, 2.45) is 0 Å². The Kier molecular flexibility index (Phi) is 4.97. The molecule has 1 aromatic rings. The molecule has 0 saturated carbocycles. The average molecular weight is 245 g/mol. The zero-order valence-electron chi connectivity index (χ0n) is 11.3. The van der Waals surface area contributed by atoms with Crippen LogP contribution in [0.2, 0.25) is 0 Å². The first-order chi connectivity index (χ1) is 8.74. The Labute approximate surface area is 110 Å². The van der Waals surface area contributed by atoms with Crippen LogP contribution in [0.5, 0.6) is 0 Å². The van der Waals surface area contributed by atoms with Crippen molar-refractivity contribution < 1.29 is 4.74 Å². The topological polar surface area (TPSA) is 12.5 Å². The number of benzene rings is 1. The zero-order valence-corrected chi connectivity index (χ0v) is 11.3. The molecule has 0 unspecified atom stereocenters. The largest absolute Gasteiger partial charge is 0.374 e. The standard InChI is InChI=1S/C16H23NO/c1-14(2)13-18-16-8-10-17(11-9-16)12-15-6-4-3-5-7-15/h3-7,16H,1,8-13H2,2H3. The van der Waals surface area contributed by atoms with Crippen LogP contribution in [0.4, 0.5) is 0 Å². The fraction of sp³-hybridized carbons (Fsp3) is 0.500. The molecular weight excluding hydrogens is 222 g/mol. The predicted molar refractivity (Wildman–Crippen MR) is 75.5 cm³/mol. The molecule has 0 radical (unpaired) electrons. The molecule has 1 heterocycles. The Hall–Kier alpha value is -1.12. The summed E-state index contributed by atoms with van der Waals surface area (Å²) >= 11 is 0. The molecule has 1 aliphatic rings. The summed E-state index contributed by atoms with van der Waals surface area (Å²) in [7, 11) is 0. The maximum atomic E-state index is 5.82. The van der Waals surface area contributed by atoms with Gasteiger partial charge in [-0.3, -0.25) is 4.90 Å². The van der Waals surface area contributed by atoms with Crippen LogP contribution in [0.25, 0.3) is 0 Å². The van der Waals surface area contributed by atoms with Gasteiger partial charge >= 0.3 is 0 Å². The molecule has 1 aliphatic heterocycles. The van der Waals surface area contributed by atoms with E-state index in [0.717, 1.165) is 38.0 Å². The molecule has 98 valence electrons. The predicted octanol–water partition coefficient (Wildman–Crippen LogP) is 3.24. The van der Waals surface area contributed by atoms with E-state index in [9.17, 15) is 0 Å². The smallest absolute Gasteiger partial charge is 0.0675 e. The Balaban J connectivity index is 1.72. The van der Waals surface area contributed by atoms with Crippen molar-refractivity contribution in [2.45, 2.75) is 32.4 Å². The van der Waals surface area contributed by atoms with Crippen LogP contribution in [-0.4, -0.2) is 30.7 Å². The molecule has 1 fully saturated rings. The summed E-state index contributed by atoms with van der Waals surface area (Å²) < 4.78 is 5.82. The highest BCUT2D eigenvalue weighted by Crippen LogP contribution is 2.16. The molecule has 18 heavy (non-hydrogen) atoms. The Bertz CT molecular complexity index is 366. The SMILES string of the molecule is C=C(C)COC1CCN(Cc2ccccc2)CC1. The lowest BCUT2D eigenvalue weighted by Gasteiger charge is -2.32. The first-order valence-corrected chi connectivity index (χ1v) is 6.76. The van der Waals surface area contributed by atoms with Crippen LogP contribution in [0, 0.1) is 0 Å². The van der Waals surface area contributed by atoms with E-state index in [-0.39, 0.29) is 0 Å². The average Bonchev–Trinajstić information content (AvgIpc) is 2.39. The molecule has 0 bridgehead atoms. The fourth-order valence-corrected chi connectivity index (χ4v) is 2.34. The van der Waals surface area contributed by atoms with Gasteiger partial charge in [0.15, 0.2) is 0 Å². The maximum absolute atomic E-state index is 5.82. The molecule has 2 rings (SSSR count). The van der Waals surface area contributed by atoms with Gasteiger partial charge in [0.05, 0.1) is 12.7 Å². The van der Waals surface area contributed by atoms with Gasteiger partial charge in [-0.25, -0.2) is 0 Å². The molecule has 2 heteroatoms. The lowest BCUT2D eigenvalue weighted by Crippen LogP contribution is -2.36. The van der Waals surface area contributed by atoms with Gasteiger partial charge in [0.1, 0.15) is 0 Å². The molecule has 0 amide bonds. The summed E-state index contributed by atoms with van der Waals surface area (Å²) in [5.41, 5.74) is 2.51. The molecule has 0 atom stereocenters. The van der Waals surface area contributed by atoms with Crippen molar-refractivity contribution in [3.05, 3.63) is 48.0 Å². The van der Waals surface area contributed by atoms with Gasteiger partial charge in [0.2, 0.25) is 0 Å². The molecular formula is C16H23NO. The van der Waals surface area contributed by atoms with Gasteiger partial charge in [0, 0.05) is 19.6 Å². The maximum Gasteiger partial charge on any atom is 0.0675 e. The summed E-state index contributed by atoms with van der Waals surface area (Å²) in [6.07, 6.45) is 2.70. The van der Waals surface area contributed by atoms with E-state index in [1.807, 2.05) is 6.92 Å². The second kappa shape index (κ2) is 6.72. The third-order valence-corrected chi connectivity index (χ3v) is 3.35. The van der Waals surface area contributed by atoms with E-state index < -0.39 is 0 Å². The van der Waals surface area contributed by atoms with Crippen molar-refractivity contribution in [3.63, 3.8) is 0 Å². The highest BCUT2D eigenvalue weighted by atomic mass is 16.5. The van der Waals surface area contributed by atoms with Crippen molar-refractivity contribution in [3.8, 4) is 0 Å². The molecule has 0 aliphatic carbocycles. The number of hydrogen-bond acceptors (Lipinski definition) is 2. The minimum atomic E-state index is 0.425. The number of rotatable bonds is 5. The van der Waals surface area contributed by atoms with Crippen LogP contribution in [0.1, 0.15) is 25.3 Å². The molecule has 1 saturated heterocycles. The minimum absolute atomic E-state index is 0.425. The van der Waals surface area contributed by atoms with E-state index in [2.05, 4.69) is 41.8 Å². The minimum Gasteiger partial charge on any atom is -0.374 e. The summed E-state index contributed by atoms with van der Waals surface area (Å²) in [5, 5.41) is 0. The number of likely N-dealkylation sites (tertiary alicyclic amines) is 1. The van der Waals surface area contributed by atoms with Gasteiger partial charge in [-0.15, -0.1) is 0 Å². The van der Waals surface area contributed by atoms with Crippen molar-refractivity contribution >= 4 is 0 Å². The Morgan fingerprint density at radius 1 is 1.28 bits per heavy atom. The summed E-state index contributed by atoms with van der Waals surface area (Å²) in [5.74, 6) is 0. The molecule has 0 spiro atoms. The van der Waals surface area contributed by atoms with Crippen molar-refractivity contribution in [1.29, 1.82) is 0 Å². The van der Waals surface area contributed by atoms with E-state index in [4.69, 9.17) is 4.74 Å². The lowest BCUT2D eigenvalue weighted by atomic mass is 10.1. The van der Waals surface area contributed by atoms with E-state index in [1.54, 1.807) is 0 Å². The van der Waals surface area contributed by atoms with Crippen LogP contribution in [-0.2, 0) is 11.3 Å². The number of ether oxygens (including phenoxy) is 1. The van der Waals surface area contributed by atoms with Gasteiger partial charge in [-0.05, 0) is 25.3 Å². The highest BCUT2D eigenvalue weighted by Gasteiger charge is 2.19. The van der Waals surface area contributed by atoms with Crippen LogP contribution < -0.4 is 0 Å². The van der Waals surface area contributed by atoms with E-state index >= 15 is 0 Å². The zero-order chi connectivity index (χ0) is 12.8. The third-order valence-electron chi connectivity index (χ3n) is 3.35. The first-order valence-electron chi connectivity index (χ1n) is 6.76. The van der Waals surface area contributed by atoms with Gasteiger partial charge in [0.25, 0.3) is 0 Å². The molecule has 2 nitrogen and oxygen atoms in total. The summed E-state index contributed by atoms with van der Waals surface area (Å²) in [4.78, 5) is 2.51. The number of nitrogens with zero attached hydrogens (tertiary/aromatic N) is 1. The van der Waals surface area contributed by atoms with Crippen molar-refractivity contribution in [2.75, 3.05) is 19.7 Å². The van der Waals surface area contributed by atoms with E-state index in [1.165, 1.54) is 5.56 Å². The molecule has 0 aromatic heterocycles. The Morgan fingerprint density at radius 2 is 1.94 bits per heavy atom. The van der Waals surface area contributed by atoms with Gasteiger partial charge in [-0.1, -0.05) is 42.5 Å². The third kappa shape index (κ3) is 4.28. The summed E-state index contributed by atoms with van der Waals surface area (Å²) in [6, 6.07) is 10.7. The second-order valence-corrected chi connectivity index (χ2v) is 5.23. The van der Waals surface area contributed by atoms with Crippen LogP contribution in [0.3, 0.4) is 0 Å². The fourth-order valence-electron chi connectivity index (χ4n) is 2.34. The normalized spacial score (nSPS) is 17.8. The van der Waals surface area contributed by atoms with E-state index in [0.29, 0.717) is 12.7 Å². The number of piperidine rings is 1. The van der Waals surface area contributed by atoms with Crippen LogP contribution in [0.15, 0.2) is 42.5 Å². The summed E-state index contributed by atoms with van der Waals surface area (Å²) in [6.45, 7) is 9.94. The molecule has 1 aromatic carbocycles.